The summed E-state index contributed by atoms with van der Waals surface area (Å²) in [5.74, 6) is 0. The van der Waals surface area contributed by atoms with Gasteiger partial charge in [-0.1, -0.05) is 60.7 Å². The first-order valence-corrected chi connectivity index (χ1v) is 7.82. The van der Waals surface area contributed by atoms with Gasteiger partial charge in [0.1, 0.15) is 5.25 Å². The Morgan fingerprint density at radius 2 is 1.35 bits per heavy atom. The zero-order valence-corrected chi connectivity index (χ0v) is 13.0. The second-order valence-corrected chi connectivity index (χ2v) is 6.11. The van der Waals surface area contributed by atoms with E-state index in [1.54, 1.807) is 0 Å². The van der Waals surface area contributed by atoms with Crippen molar-refractivity contribution in [2.24, 2.45) is 0 Å². The van der Waals surface area contributed by atoms with Crippen LogP contribution in [-0.4, -0.2) is 18.3 Å². The minimum absolute atomic E-state index is 0.499. The number of nitrogens with one attached hydrogen (secondary N) is 1. The van der Waals surface area contributed by atoms with Crippen molar-refractivity contribution >= 4 is 12.6 Å². The summed E-state index contributed by atoms with van der Waals surface area (Å²) in [6.45, 7) is 0. The van der Waals surface area contributed by atoms with Crippen LogP contribution in [0.2, 0.25) is 0 Å². The van der Waals surface area contributed by atoms with Gasteiger partial charge in [0.05, 0.1) is 0 Å². The molecule has 2 atom stereocenters. The molecule has 2 unspecified atom stereocenters. The van der Waals surface area contributed by atoms with E-state index in [1.807, 2.05) is 0 Å². The summed E-state index contributed by atoms with van der Waals surface area (Å²) in [6.07, 6.45) is 3.27. The lowest BCUT2D eigenvalue weighted by Gasteiger charge is -2.17. The Labute approximate surface area is 127 Å². The van der Waals surface area contributed by atoms with Gasteiger partial charge in [0.2, 0.25) is 0 Å². The fraction of sp³-hybridized carbons (Fsp3) is 0.333. The summed E-state index contributed by atoms with van der Waals surface area (Å²) in [4.78, 5) is 0. The molecule has 0 radical (unpaired) electrons. The second kappa shape index (κ2) is 8.13. The Bertz CT molecular complexity index is 483. The lowest BCUT2D eigenvalue weighted by atomic mass is 9.99. The van der Waals surface area contributed by atoms with Crippen LogP contribution in [0.4, 0.5) is 0 Å². The molecule has 0 aliphatic carbocycles. The first kappa shape index (κ1) is 15.1. The van der Waals surface area contributed by atoms with E-state index in [2.05, 4.69) is 85.7 Å². The van der Waals surface area contributed by atoms with Crippen LogP contribution in [-0.2, 0) is 25.5 Å². The van der Waals surface area contributed by atoms with Crippen molar-refractivity contribution in [2.45, 2.75) is 30.6 Å². The smallest absolute Gasteiger partial charge is 0.119 e. The maximum absolute atomic E-state index is 3.88. The summed E-state index contributed by atoms with van der Waals surface area (Å²) < 4.78 is 0. The summed E-state index contributed by atoms with van der Waals surface area (Å²) in [6, 6.07) is 21.9. The van der Waals surface area contributed by atoms with Gasteiger partial charge in [0.25, 0.3) is 0 Å². The molecular formula is C18H24NS+. The molecule has 0 bridgehead atoms. The van der Waals surface area contributed by atoms with E-state index in [-0.39, 0.29) is 0 Å². The maximum Gasteiger partial charge on any atom is 0.119 e. The zero-order chi connectivity index (χ0) is 14.2. The van der Waals surface area contributed by atoms with Crippen molar-refractivity contribution in [3.8, 4) is 0 Å². The normalized spacial score (nSPS) is 13.9. The summed E-state index contributed by atoms with van der Waals surface area (Å²) in [7, 11) is 2.05. The number of likely N-dealkylation sites (N-methyl/N-ethyl adjacent to an activating group) is 1. The predicted molar refractivity (Wildman–Crippen MR) is 91.7 cm³/mol. The number of benzene rings is 2. The average molecular weight is 286 g/mol. The molecule has 0 saturated heterocycles. The molecule has 1 N–H and O–H groups in total. The van der Waals surface area contributed by atoms with Gasteiger partial charge in [0.15, 0.2) is 0 Å². The Morgan fingerprint density at radius 3 is 1.85 bits per heavy atom. The largest absolute Gasteiger partial charge is 0.316 e. The molecule has 0 saturated carbocycles. The van der Waals surface area contributed by atoms with Gasteiger partial charge in [-0.05, 0) is 37.2 Å². The topological polar surface area (TPSA) is 12.0 Å². The fourth-order valence-corrected chi connectivity index (χ4v) is 3.05. The van der Waals surface area contributed by atoms with Gasteiger partial charge >= 0.3 is 0 Å². The van der Waals surface area contributed by atoms with Crippen molar-refractivity contribution in [3.63, 3.8) is 0 Å². The van der Waals surface area contributed by atoms with Crippen molar-refractivity contribution in [2.75, 3.05) is 7.05 Å². The highest BCUT2D eigenvalue weighted by Gasteiger charge is 2.17. The predicted octanol–water partition coefficient (Wildman–Crippen LogP) is 2.83. The lowest BCUT2D eigenvalue weighted by Crippen LogP contribution is -2.31. The highest BCUT2D eigenvalue weighted by molar-refractivity contribution is 7.59. The molecule has 2 heteroatoms. The SMILES string of the molecule is CNC(Cc1ccccc1)CC([SH2+])Cc1ccccc1. The van der Waals surface area contributed by atoms with E-state index in [9.17, 15) is 0 Å². The van der Waals surface area contributed by atoms with Crippen LogP contribution in [0.25, 0.3) is 0 Å². The standard InChI is InChI=1S/C18H23NS/c1-19-17(12-15-8-4-2-5-9-15)14-18(20)13-16-10-6-3-7-11-16/h2-11,17-20H,12-14H2,1H3/p+1. The first-order chi connectivity index (χ1) is 9.78. The van der Waals surface area contributed by atoms with E-state index in [0.29, 0.717) is 11.3 Å². The summed E-state index contributed by atoms with van der Waals surface area (Å²) in [5.41, 5.74) is 2.78. The minimum Gasteiger partial charge on any atom is -0.316 e. The molecule has 1 nitrogen and oxygen atoms in total. The highest BCUT2D eigenvalue weighted by Crippen LogP contribution is 2.12. The minimum atomic E-state index is 0.499. The monoisotopic (exact) mass is 286 g/mol. The molecule has 0 fully saturated rings. The van der Waals surface area contributed by atoms with Crippen LogP contribution in [0.5, 0.6) is 0 Å². The zero-order valence-electron chi connectivity index (χ0n) is 12.0. The molecule has 20 heavy (non-hydrogen) atoms. The Hall–Kier alpha value is -1.25. The second-order valence-electron chi connectivity index (χ2n) is 5.30. The lowest BCUT2D eigenvalue weighted by molar-refractivity contribution is 0.509. The quantitative estimate of drug-likeness (QED) is 0.772. The van der Waals surface area contributed by atoms with E-state index in [0.717, 1.165) is 19.3 Å². The van der Waals surface area contributed by atoms with Crippen LogP contribution >= 0.6 is 0 Å². The highest BCUT2D eigenvalue weighted by atomic mass is 32.1. The van der Waals surface area contributed by atoms with Gasteiger partial charge in [0, 0.05) is 18.9 Å². The third-order valence-corrected chi connectivity index (χ3v) is 4.07. The van der Waals surface area contributed by atoms with Gasteiger partial charge < -0.3 is 5.32 Å². The molecule has 0 aliphatic heterocycles. The Balaban J connectivity index is 1.86. The van der Waals surface area contributed by atoms with Crippen molar-refractivity contribution in [1.29, 1.82) is 0 Å². The summed E-state index contributed by atoms with van der Waals surface area (Å²) >= 11 is 3.88. The van der Waals surface area contributed by atoms with Gasteiger partial charge in [-0.15, -0.1) is 0 Å². The molecule has 0 aromatic heterocycles. The van der Waals surface area contributed by atoms with Crippen molar-refractivity contribution in [1.82, 2.24) is 5.32 Å². The molecule has 0 aliphatic rings. The van der Waals surface area contributed by atoms with Crippen LogP contribution in [0, 0.1) is 0 Å². The third kappa shape index (κ3) is 5.03. The number of hydrogen-bond acceptors (Lipinski definition) is 1. The van der Waals surface area contributed by atoms with E-state index < -0.39 is 0 Å². The molecule has 2 rings (SSSR count). The molecule has 106 valence electrons. The van der Waals surface area contributed by atoms with E-state index >= 15 is 0 Å². The van der Waals surface area contributed by atoms with Gasteiger partial charge in [-0.25, -0.2) is 0 Å². The molecule has 0 heterocycles. The fourth-order valence-electron chi connectivity index (χ4n) is 2.53. The average Bonchev–Trinajstić information content (AvgIpc) is 2.48. The molecule has 2 aromatic rings. The summed E-state index contributed by atoms with van der Waals surface area (Å²) in [5, 5.41) is 3.93. The van der Waals surface area contributed by atoms with E-state index in [1.165, 1.54) is 11.1 Å². The number of rotatable bonds is 7. The number of hydrogen-bond donors (Lipinski definition) is 1. The molecule has 2 aromatic carbocycles. The molecule has 0 spiro atoms. The Morgan fingerprint density at radius 1 is 0.850 bits per heavy atom. The molecular weight excluding hydrogens is 262 g/mol. The van der Waals surface area contributed by atoms with Crippen molar-refractivity contribution < 1.29 is 0 Å². The third-order valence-electron chi connectivity index (χ3n) is 3.63. The van der Waals surface area contributed by atoms with Crippen LogP contribution in [0.15, 0.2) is 60.7 Å². The van der Waals surface area contributed by atoms with Gasteiger partial charge in [-0.3, -0.25) is 0 Å². The first-order valence-electron chi connectivity index (χ1n) is 7.24. The van der Waals surface area contributed by atoms with Crippen LogP contribution < -0.4 is 5.32 Å². The van der Waals surface area contributed by atoms with Gasteiger partial charge in [-0.2, -0.15) is 0 Å². The maximum atomic E-state index is 3.88. The Kier molecular flexibility index (Phi) is 6.16. The van der Waals surface area contributed by atoms with E-state index in [4.69, 9.17) is 0 Å². The van der Waals surface area contributed by atoms with Crippen LogP contribution in [0.3, 0.4) is 0 Å². The van der Waals surface area contributed by atoms with Crippen LogP contribution in [0.1, 0.15) is 17.5 Å². The molecule has 0 amide bonds. The van der Waals surface area contributed by atoms with Crippen molar-refractivity contribution in [3.05, 3.63) is 71.8 Å².